The van der Waals surface area contributed by atoms with E-state index in [0.29, 0.717) is 24.2 Å². The molecule has 0 aliphatic carbocycles. The predicted octanol–water partition coefficient (Wildman–Crippen LogP) is 0.665. The molecule has 0 saturated carbocycles. The van der Waals surface area contributed by atoms with Crippen molar-refractivity contribution in [1.29, 1.82) is 0 Å². The van der Waals surface area contributed by atoms with Gasteiger partial charge in [0.1, 0.15) is 10.9 Å². The van der Waals surface area contributed by atoms with E-state index in [1.54, 1.807) is 20.9 Å². The molecule has 7 nitrogen and oxygen atoms in total. The third-order valence-electron chi connectivity index (χ3n) is 3.75. The number of sulfonamides is 1. The fourth-order valence-electron chi connectivity index (χ4n) is 2.68. The van der Waals surface area contributed by atoms with Crippen LogP contribution in [-0.2, 0) is 21.9 Å². The van der Waals surface area contributed by atoms with Gasteiger partial charge in [0.2, 0.25) is 10.0 Å². The summed E-state index contributed by atoms with van der Waals surface area (Å²) in [5, 5.41) is 13.3. The van der Waals surface area contributed by atoms with Crippen molar-refractivity contribution < 1.29 is 18.3 Å². The van der Waals surface area contributed by atoms with Crippen LogP contribution in [0.4, 0.5) is 0 Å². The molecule has 1 fully saturated rings. The molecule has 0 aromatic carbocycles. The molecule has 8 heteroatoms. The molecule has 0 unspecified atom stereocenters. The normalized spacial score (nSPS) is 21.1. The fraction of sp³-hybridized carbons (Fsp3) is 0.667. The Morgan fingerprint density at radius 2 is 2.00 bits per heavy atom. The highest BCUT2D eigenvalue weighted by Crippen LogP contribution is 2.28. The summed E-state index contributed by atoms with van der Waals surface area (Å²) in [6.45, 7) is 3.54. The number of rotatable bonds is 3. The molecule has 0 amide bonds. The third kappa shape index (κ3) is 2.33. The average Bonchev–Trinajstić information content (AvgIpc) is 2.63. The molecule has 1 aliphatic heterocycles. The van der Waals surface area contributed by atoms with E-state index in [1.165, 1.54) is 4.68 Å². The van der Waals surface area contributed by atoms with Crippen LogP contribution >= 0.6 is 0 Å². The Bertz CT molecular complexity index is 635. The van der Waals surface area contributed by atoms with Crippen molar-refractivity contribution in [1.82, 2.24) is 14.1 Å². The molecule has 0 spiro atoms. The summed E-state index contributed by atoms with van der Waals surface area (Å²) < 4.78 is 28.1. The summed E-state index contributed by atoms with van der Waals surface area (Å²) in [5.74, 6) is -1.09. The number of carboxylic acids is 1. The Balaban J connectivity index is 2.50. The van der Waals surface area contributed by atoms with Crippen molar-refractivity contribution >= 4 is 16.0 Å². The van der Waals surface area contributed by atoms with E-state index in [0.717, 1.165) is 10.7 Å². The molecule has 1 atom stereocenters. The van der Waals surface area contributed by atoms with Crippen LogP contribution in [0.3, 0.4) is 0 Å². The number of aryl methyl sites for hydroxylation is 2. The van der Waals surface area contributed by atoms with Gasteiger partial charge in [0.15, 0.2) is 0 Å². The molecule has 20 heavy (non-hydrogen) atoms. The SMILES string of the molecule is Cc1nn(C)c(C)c1S(=O)(=O)N1CCCC[C@H]1C(=O)O. The highest BCUT2D eigenvalue weighted by atomic mass is 32.2. The summed E-state index contributed by atoms with van der Waals surface area (Å²) in [5.41, 5.74) is 0.928. The Hall–Kier alpha value is -1.41. The highest BCUT2D eigenvalue weighted by Gasteiger charge is 2.39. The van der Waals surface area contributed by atoms with Crippen LogP contribution < -0.4 is 0 Å². The Kier molecular flexibility index (Phi) is 3.88. The van der Waals surface area contributed by atoms with Crippen molar-refractivity contribution in [3.63, 3.8) is 0 Å². The predicted molar refractivity (Wildman–Crippen MR) is 71.8 cm³/mol. The molecule has 2 rings (SSSR count). The second-order valence-electron chi connectivity index (χ2n) is 5.09. The van der Waals surface area contributed by atoms with Crippen LogP contribution in [0, 0.1) is 13.8 Å². The molecule has 0 radical (unpaired) electrons. The van der Waals surface area contributed by atoms with Crippen LogP contribution in [-0.4, -0.2) is 46.2 Å². The zero-order valence-corrected chi connectivity index (χ0v) is 12.6. The topological polar surface area (TPSA) is 92.5 Å². The molecule has 112 valence electrons. The highest BCUT2D eigenvalue weighted by molar-refractivity contribution is 7.89. The van der Waals surface area contributed by atoms with Crippen LogP contribution in [0.5, 0.6) is 0 Å². The molecule has 1 N–H and O–H groups in total. The van der Waals surface area contributed by atoms with Gasteiger partial charge in [-0.25, -0.2) is 8.42 Å². The van der Waals surface area contributed by atoms with Crippen molar-refractivity contribution in [3.8, 4) is 0 Å². The minimum Gasteiger partial charge on any atom is -0.480 e. The molecule has 0 bridgehead atoms. The molecular formula is C12H19N3O4S. The van der Waals surface area contributed by atoms with E-state index in [9.17, 15) is 18.3 Å². The van der Waals surface area contributed by atoms with E-state index in [2.05, 4.69) is 5.10 Å². The fourth-order valence-corrected chi connectivity index (χ4v) is 4.74. The van der Waals surface area contributed by atoms with E-state index in [4.69, 9.17) is 0 Å². The van der Waals surface area contributed by atoms with Gasteiger partial charge in [0.05, 0.1) is 11.4 Å². The lowest BCUT2D eigenvalue weighted by Gasteiger charge is -2.31. The standard InChI is InChI=1S/C12H19N3O4S/c1-8-11(9(2)14(3)13-8)20(18,19)15-7-5-4-6-10(15)12(16)17/h10H,4-7H2,1-3H3,(H,16,17)/t10-/m0/s1. The first-order valence-electron chi connectivity index (χ1n) is 6.51. The summed E-state index contributed by atoms with van der Waals surface area (Å²) in [6, 6.07) is -0.979. The van der Waals surface area contributed by atoms with E-state index in [-0.39, 0.29) is 11.4 Å². The molecule has 1 aromatic heterocycles. The average molecular weight is 301 g/mol. The molecule has 1 saturated heterocycles. The Labute approximate surface area is 118 Å². The summed E-state index contributed by atoms with van der Waals surface area (Å²) in [4.78, 5) is 11.4. The molecule has 1 aromatic rings. The van der Waals surface area contributed by atoms with Gasteiger partial charge in [0.25, 0.3) is 0 Å². The van der Waals surface area contributed by atoms with Gasteiger partial charge < -0.3 is 5.11 Å². The lowest BCUT2D eigenvalue weighted by molar-refractivity contribution is -0.142. The van der Waals surface area contributed by atoms with Gasteiger partial charge in [-0.3, -0.25) is 9.48 Å². The van der Waals surface area contributed by atoms with Gasteiger partial charge >= 0.3 is 5.97 Å². The van der Waals surface area contributed by atoms with Crippen LogP contribution in [0.1, 0.15) is 30.7 Å². The molecular weight excluding hydrogens is 282 g/mol. The first-order chi connectivity index (χ1) is 9.26. The first kappa shape index (κ1) is 15.0. The lowest BCUT2D eigenvalue weighted by atomic mass is 10.1. The van der Waals surface area contributed by atoms with Crippen LogP contribution in [0.2, 0.25) is 0 Å². The number of carboxylic acid groups (broad SMARTS) is 1. The van der Waals surface area contributed by atoms with Gasteiger partial charge in [-0.1, -0.05) is 0 Å². The second kappa shape index (κ2) is 5.17. The summed E-state index contributed by atoms with van der Waals surface area (Å²) >= 11 is 0. The van der Waals surface area contributed by atoms with Gasteiger partial charge in [-0.05, 0) is 33.1 Å². The van der Waals surface area contributed by atoms with Crippen molar-refractivity contribution in [2.45, 2.75) is 44.0 Å². The number of piperidine rings is 1. The summed E-state index contributed by atoms with van der Waals surface area (Å²) in [6.07, 6.45) is 1.77. The number of carbonyl (C=O) groups is 1. The zero-order chi connectivity index (χ0) is 15.1. The van der Waals surface area contributed by atoms with Gasteiger partial charge in [-0.15, -0.1) is 0 Å². The van der Waals surface area contributed by atoms with E-state index < -0.39 is 22.0 Å². The smallest absolute Gasteiger partial charge is 0.322 e. The van der Waals surface area contributed by atoms with Gasteiger partial charge in [-0.2, -0.15) is 9.40 Å². The van der Waals surface area contributed by atoms with E-state index in [1.807, 2.05) is 0 Å². The van der Waals surface area contributed by atoms with Crippen LogP contribution in [0.15, 0.2) is 4.90 Å². The molecule has 2 heterocycles. The molecule has 1 aliphatic rings. The van der Waals surface area contributed by atoms with Crippen molar-refractivity contribution in [3.05, 3.63) is 11.4 Å². The zero-order valence-electron chi connectivity index (χ0n) is 11.8. The maximum absolute atomic E-state index is 12.8. The number of nitrogens with zero attached hydrogens (tertiary/aromatic N) is 3. The first-order valence-corrected chi connectivity index (χ1v) is 7.95. The third-order valence-corrected chi connectivity index (χ3v) is 5.91. The Morgan fingerprint density at radius 1 is 1.35 bits per heavy atom. The summed E-state index contributed by atoms with van der Waals surface area (Å²) in [7, 11) is -2.15. The van der Waals surface area contributed by atoms with Crippen LogP contribution in [0.25, 0.3) is 0 Å². The quantitative estimate of drug-likeness (QED) is 0.885. The maximum Gasteiger partial charge on any atom is 0.322 e. The number of aliphatic carboxylic acids is 1. The Morgan fingerprint density at radius 3 is 2.50 bits per heavy atom. The number of aromatic nitrogens is 2. The number of hydrogen-bond donors (Lipinski definition) is 1. The van der Waals surface area contributed by atoms with Crippen molar-refractivity contribution in [2.24, 2.45) is 7.05 Å². The minimum atomic E-state index is -3.83. The second-order valence-corrected chi connectivity index (χ2v) is 6.92. The lowest BCUT2D eigenvalue weighted by Crippen LogP contribution is -2.48. The largest absolute Gasteiger partial charge is 0.480 e. The number of hydrogen-bond acceptors (Lipinski definition) is 4. The van der Waals surface area contributed by atoms with E-state index >= 15 is 0 Å². The minimum absolute atomic E-state index is 0.133. The maximum atomic E-state index is 12.8. The van der Waals surface area contributed by atoms with Crippen molar-refractivity contribution in [2.75, 3.05) is 6.54 Å². The monoisotopic (exact) mass is 301 g/mol. The van der Waals surface area contributed by atoms with Gasteiger partial charge in [0, 0.05) is 13.6 Å².